The fourth-order valence-electron chi connectivity index (χ4n) is 2.37. The molecular weight excluding hydrogens is 312 g/mol. The molecule has 5 heteroatoms. The molecule has 0 saturated carbocycles. The number of rotatable bonds is 3. The van der Waals surface area contributed by atoms with Crippen LogP contribution in [0.2, 0.25) is 5.02 Å². The SMILES string of the molecule is Cc1ccc(-c2cc(C(=O)O)nn2-c2ccc(Cl)cc2)cc1C. The summed E-state index contributed by atoms with van der Waals surface area (Å²) < 4.78 is 1.63. The summed E-state index contributed by atoms with van der Waals surface area (Å²) in [7, 11) is 0. The number of aromatic carboxylic acids is 1. The van der Waals surface area contributed by atoms with Crippen LogP contribution >= 0.6 is 11.6 Å². The third-order valence-corrected chi connectivity index (χ3v) is 4.05. The second-order valence-corrected chi connectivity index (χ2v) is 5.84. The Bertz CT molecular complexity index is 883. The van der Waals surface area contributed by atoms with Gasteiger partial charge >= 0.3 is 5.97 Å². The number of hydrogen-bond acceptors (Lipinski definition) is 2. The maximum Gasteiger partial charge on any atom is 0.356 e. The average Bonchev–Trinajstić information content (AvgIpc) is 2.96. The molecule has 1 N–H and O–H groups in total. The van der Waals surface area contributed by atoms with Crippen LogP contribution in [0.15, 0.2) is 48.5 Å². The summed E-state index contributed by atoms with van der Waals surface area (Å²) in [6.07, 6.45) is 0. The van der Waals surface area contributed by atoms with Crippen LogP contribution in [0, 0.1) is 13.8 Å². The molecule has 116 valence electrons. The Balaban J connectivity index is 2.20. The molecule has 4 nitrogen and oxygen atoms in total. The van der Waals surface area contributed by atoms with Crippen molar-refractivity contribution in [3.63, 3.8) is 0 Å². The van der Waals surface area contributed by atoms with Crippen molar-refractivity contribution in [3.05, 3.63) is 70.4 Å². The first-order valence-electron chi connectivity index (χ1n) is 7.12. The highest BCUT2D eigenvalue weighted by molar-refractivity contribution is 6.30. The minimum Gasteiger partial charge on any atom is -0.476 e. The van der Waals surface area contributed by atoms with Crippen molar-refractivity contribution in [1.29, 1.82) is 0 Å². The number of aryl methyl sites for hydroxylation is 2. The average molecular weight is 327 g/mol. The largest absolute Gasteiger partial charge is 0.476 e. The number of halogens is 1. The van der Waals surface area contributed by atoms with Gasteiger partial charge in [0.25, 0.3) is 0 Å². The van der Waals surface area contributed by atoms with E-state index in [1.54, 1.807) is 22.9 Å². The molecule has 0 fully saturated rings. The van der Waals surface area contributed by atoms with Crippen LogP contribution in [0.4, 0.5) is 0 Å². The fraction of sp³-hybridized carbons (Fsp3) is 0.111. The maximum absolute atomic E-state index is 11.3. The van der Waals surface area contributed by atoms with Crippen molar-refractivity contribution >= 4 is 17.6 Å². The zero-order chi connectivity index (χ0) is 16.6. The number of carboxylic acids is 1. The van der Waals surface area contributed by atoms with Gasteiger partial charge in [0.1, 0.15) is 0 Å². The zero-order valence-corrected chi connectivity index (χ0v) is 13.5. The smallest absolute Gasteiger partial charge is 0.356 e. The van der Waals surface area contributed by atoms with Crippen molar-refractivity contribution in [2.75, 3.05) is 0 Å². The van der Waals surface area contributed by atoms with Gasteiger partial charge in [-0.15, -0.1) is 0 Å². The minimum absolute atomic E-state index is 0.00757. The Morgan fingerprint density at radius 1 is 1.04 bits per heavy atom. The van der Waals surface area contributed by atoms with E-state index >= 15 is 0 Å². The maximum atomic E-state index is 11.3. The lowest BCUT2D eigenvalue weighted by atomic mass is 10.0. The normalized spacial score (nSPS) is 10.7. The third kappa shape index (κ3) is 2.98. The van der Waals surface area contributed by atoms with Gasteiger partial charge in [-0.25, -0.2) is 9.48 Å². The third-order valence-electron chi connectivity index (χ3n) is 3.80. The molecule has 0 bridgehead atoms. The quantitative estimate of drug-likeness (QED) is 0.770. The molecule has 0 radical (unpaired) electrons. The summed E-state index contributed by atoms with van der Waals surface area (Å²) in [5, 5.41) is 14.1. The number of carboxylic acid groups (broad SMARTS) is 1. The molecule has 0 spiro atoms. The summed E-state index contributed by atoms with van der Waals surface area (Å²) in [6.45, 7) is 4.07. The number of nitrogens with zero attached hydrogens (tertiary/aromatic N) is 2. The van der Waals surface area contributed by atoms with Gasteiger partial charge in [-0.2, -0.15) is 5.10 Å². The molecule has 0 aliphatic heterocycles. The zero-order valence-electron chi connectivity index (χ0n) is 12.7. The van der Waals surface area contributed by atoms with E-state index in [0.717, 1.165) is 22.5 Å². The standard InChI is InChI=1S/C18H15ClN2O2/c1-11-3-4-13(9-12(11)2)17-10-16(18(22)23)20-21(17)15-7-5-14(19)6-8-15/h3-10H,1-2H3,(H,22,23). The number of benzene rings is 2. The van der Waals surface area contributed by atoms with Crippen LogP contribution in [0.5, 0.6) is 0 Å². The monoisotopic (exact) mass is 326 g/mol. The molecule has 1 aromatic heterocycles. The van der Waals surface area contributed by atoms with Crippen molar-refractivity contribution in [2.45, 2.75) is 13.8 Å². The second kappa shape index (κ2) is 5.89. The molecule has 0 amide bonds. The predicted octanol–water partition coefficient (Wildman–Crippen LogP) is 4.51. The second-order valence-electron chi connectivity index (χ2n) is 5.41. The van der Waals surface area contributed by atoms with E-state index < -0.39 is 5.97 Å². The lowest BCUT2D eigenvalue weighted by Gasteiger charge is -2.09. The van der Waals surface area contributed by atoms with Gasteiger partial charge in [0.15, 0.2) is 5.69 Å². The summed E-state index contributed by atoms with van der Waals surface area (Å²) in [6, 6.07) is 14.7. The number of carbonyl (C=O) groups is 1. The van der Waals surface area contributed by atoms with Gasteiger partial charge in [-0.1, -0.05) is 23.7 Å². The molecule has 0 saturated heterocycles. The van der Waals surface area contributed by atoms with Crippen molar-refractivity contribution in [1.82, 2.24) is 9.78 Å². The van der Waals surface area contributed by atoms with E-state index in [-0.39, 0.29) is 5.69 Å². The van der Waals surface area contributed by atoms with Crippen molar-refractivity contribution in [3.8, 4) is 16.9 Å². The lowest BCUT2D eigenvalue weighted by Crippen LogP contribution is -2.02. The predicted molar refractivity (Wildman–Crippen MR) is 90.4 cm³/mol. The molecular formula is C18H15ClN2O2. The lowest BCUT2D eigenvalue weighted by molar-refractivity contribution is 0.0690. The van der Waals surface area contributed by atoms with Crippen LogP contribution in [-0.2, 0) is 0 Å². The van der Waals surface area contributed by atoms with Crippen molar-refractivity contribution < 1.29 is 9.90 Å². The van der Waals surface area contributed by atoms with Gasteiger partial charge in [0.2, 0.25) is 0 Å². The van der Waals surface area contributed by atoms with E-state index in [4.69, 9.17) is 11.6 Å². The Kier molecular flexibility index (Phi) is 3.92. The Labute approximate surface area is 139 Å². The number of aromatic nitrogens is 2. The Morgan fingerprint density at radius 2 is 1.74 bits per heavy atom. The van der Waals surface area contributed by atoms with Crippen LogP contribution in [-0.4, -0.2) is 20.9 Å². The van der Waals surface area contributed by atoms with E-state index in [9.17, 15) is 9.90 Å². The van der Waals surface area contributed by atoms with Gasteiger partial charge < -0.3 is 5.11 Å². The minimum atomic E-state index is -1.05. The topological polar surface area (TPSA) is 55.1 Å². The fourth-order valence-corrected chi connectivity index (χ4v) is 2.50. The van der Waals surface area contributed by atoms with Crippen LogP contribution in [0.25, 0.3) is 16.9 Å². The molecule has 0 aliphatic carbocycles. The number of hydrogen-bond donors (Lipinski definition) is 1. The van der Waals surface area contributed by atoms with Gasteiger partial charge in [0, 0.05) is 10.6 Å². The van der Waals surface area contributed by atoms with E-state index in [0.29, 0.717) is 5.02 Å². The molecule has 23 heavy (non-hydrogen) atoms. The van der Waals surface area contributed by atoms with Gasteiger partial charge in [-0.05, 0) is 61.4 Å². The first kappa shape index (κ1) is 15.3. The molecule has 3 aromatic rings. The molecule has 0 aliphatic rings. The van der Waals surface area contributed by atoms with E-state index in [1.807, 2.05) is 44.2 Å². The van der Waals surface area contributed by atoms with Crippen molar-refractivity contribution in [2.24, 2.45) is 0 Å². The van der Waals surface area contributed by atoms with Crippen LogP contribution < -0.4 is 0 Å². The van der Waals surface area contributed by atoms with Crippen LogP contribution in [0.3, 0.4) is 0 Å². The summed E-state index contributed by atoms with van der Waals surface area (Å²) >= 11 is 5.93. The van der Waals surface area contributed by atoms with E-state index in [2.05, 4.69) is 5.10 Å². The summed E-state index contributed by atoms with van der Waals surface area (Å²) in [5.74, 6) is -1.05. The highest BCUT2D eigenvalue weighted by atomic mass is 35.5. The summed E-state index contributed by atoms with van der Waals surface area (Å²) in [4.78, 5) is 11.3. The van der Waals surface area contributed by atoms with Gasteiger partial charge in [0.05, 0.1) is 11.4 Å². The highest BCUT2D eigenvalue weighted by Crippen LogP contribution is 2.26. The van der Waals surface area contributed by atoms with Crippen LogP contribution in [0.1, 0.15) is 21.6 Å². The molecule has 0 unspecified atom stereocenters. The highest BCUT2D eigenvalue weighted by Gasteiger charge is 2.16. The Hall–Kier alpha value is -2.59. The first-order chi connectivity index (χ1) is 11.0. The Morgan fingerprint density at radius 3 is 2.35 bits per heavy atom. The molecule has 2 aromatic carbocycles. The molecule has 1 heterocycles. The van der Waals surface area contributed by atoms with Gasteiger partial charge in [-0.3, -0.25) is 0 Å². The first-order valence-corrected chi connectivity index (χ1v) is 7.50. The molecule has 0 atom stereocenters. The van der Waals surface area contributed by atoms with E-state index in [1.165, 1.54) is 5.56 Å². The molecule has 3 rings (SSSR count). The summed E-state index contributed by atoms with van der Waals surface area (Å²) in [5.41, 5.74) is 4.74.